The van der Waals surface area contributed by atoms with E-state index in [4.69, 9.17) is 17.3 Å². The fourth-order valence-electron chi connectivity index (χ4n) is 1.34. The fraction of sp³-hybridized carbons (Fsp3) is 0.0909. The van der Waals surface area contributed by atoms with Crippen LogP contribution in [0.5, 0.6) is 0 Å². The van der Waals surface area contributed by atoms with E-state index in [9.17, 15) is 0 Å². The second-order valence-electron chi connectivity index (χ2n) is 3.37. The quantitative estimate of drug-likeness (QED) is 0.839. The summed E-state index contributed by atoms with van der Waals surface area (Å²) < 4.78 is 0. The lowest BCUT2D eigenvalue weighted by Crippen LogP contribution is -2.01. The summed E-state index contributed by atoms with van der Waals surface area (Å²) in [5.41, 5.74) is 7.63. The number of nitrogens with one attached hydrogen (secondary N) is 1. The Balaban J connectivity index is 2.31. The van der Waals surface area contributed by atoms with Crippen LogP contribution >= 0.6 is 11.6 Å². The molecule has 1 heterocycles. The maximum absolute atomic E-state index is 5.87. The van der Waals surface area contributed by atoms with Crippen LogP contribution in [-0.4, -0.2) is 9.97 Å². The van der Waals surface area contributed by atoms with Gasteiger partial charge in [0, 0.05) is 23.1 Å². The Morgan fingerprint density at radius 1 is 1.25 bits per heavy atom. The number of hydrogen-bond donors (Lipinski definition) is 2. The first-order chi connectivity index (χ1) is 7.66. The molecule has 4 nitrogen and oxygen atoms in total. The van der Waals surface area contributed by atoms with E-state index in [1.165, 1.54) is 0 Å². The van der Waals surface area contributed by atoms with Gasteiger partial charge in [0.05, 0.1) is 0 Å². The SMILES string of the molecule is Cc1cc(Cl)ccc1Nc1nccnc1N. The number of nitrogens with zero attached hydrogens (tertiary/aromatic N) is 2. The molecule has 0 saturated carbocycles. The van der Waals surface area contributed by atoms with Crippen LogP contribution in [-0.2, 0) is 0 Å². The van der Waals surface area contributed by atoms with Crippen molar-refractivity contribution < 1.29 is 0 Å². The van der Waals surface area contributed by atoms with Crippen molar-refractivity contribution in [3.63, 3.8) is 0 Å². The fourth-order valence-corrected chi connectivity index (χ4v) is 1.57. The normalized spacial score (nSPS) is 10.1. The number of nitrogen functional groups attached to an aromatic ring is 1. The van der Waals surface area contributed by atoms with Crippen LogP contribution in [0.15, 0.2) is 30.6 Å². The zero-order chi connectivity index (χ0) is 11.5. The maximum atomic E-state index is 5.87. The summed E-state index contributed by atoms with van der Waals surface area (Å²) in [6, 6.07) is 5.56. The molecule has 0 fully saturated rings. The molecule has 1 aromatic carbocycles. The topological polar surface area (TPSA) is 63.8 Å². The van der Waals surface area contributed by atoms with Crippen LogP contribution in [0, 0.1) is 6.92 Å². The average Bonchev–Trinajstić information content (AvgIpc) is 2.25. The van der Waals surface area contributed by atoms with Gasteiger partial charge in [0.2, 0.25) is 0 Å². The van der Waals surface area contributed by atoms with E-state index in [0.717, 1.165) is 11.3 Å². The van der Waals surface area contributed by atoms with Gasteiger partial charge >= 0.3 is 0 Å². The van der Waals surface area contributed by atoms with Crippen LogP contribution in [0.3, 0.4) is 0 Å². The van der Waals surface area contributed by atoms with Crippen LogP contribution in [0.1, 0.15) is 5.56 Å². The van der Waals surface area contributed by atoms with Gasteiger partial charge in [-0.1, -0.05) is 11.6 Å². The molecule has 0 unspecified atom stereocenters. The summed E-state index contributed by atoms with van der Waals surface area (Å²) in [6.45, 7) is 1.96. The lowest BCUT2D eigenvalue weighted by atomic mass is 10.2. The molecule has 2 aromatic rings. The second-order valence-corrected chi connectivity index (χ2v) is 3.81. The molecule has 0 atom stereocenters. The Kier molecular flexibility index (Phi) is 2.92. The van der Waals surface area contributed by atoms with Crippen molar-refractivity contribution in [2.45, 2.75) is 6.92 Å². The molecule has 1 aromatic heterocycles. The molecule has 0 amide bonds. The van der Waals surface area contributed by atoms with Crippen molar-refractivity contribution in [1.29, 1.82) is 0 Å². The summed E-state index contributed by atoms with van der Waals surface area (Å²) in [5, 5.41) is 3.81. The Bertz CT molecular complexity index is 513. The molecule has 0 bridgehead atoms. The summed E-state index contributed by atoms with van der Waals surface area (Å²) >= 11 is 5.87. The Hall–Kier alpha value is -1.81. The molecule has 0 aliphatic carbocycles. The van der Waals surface area contributed by atoms with E-state index >= 15 is 0 Å². The highest BCUT2D eigenvalue weighted by atomic mass is 35.5. The molecule has 2 rings (SSSR count). The number of anilines is 3. The summed E-state index contributed by atoms with van der Waals surface area (Å²) in [7, 11) is 0. The van der Waals surface area contributed by atoms with E-state index in [1.54, 1.807) is 12.4 Å². The van der Waals surface area contributed by atoms with Gasteiger partial charge in [-0.05, 0) is 30.7 Å². The number of rotatable bonds is 2. The molecule has 0 spiro atoms. The zero-order valence-electron chi connectivity index (χ0n) is 8.74. The van der Waals surface area contributed by atoms with Crippen LogP contribution in [0.4, 0.5) is 17.3 Å². The van der Waals surface area contributed by atoms with E-state index in [-0.39, 0.29) is 0 Å². The van der Waals surface area contributed by atoms with Gasteiger partial charge < -0.3 is 11.1 Å². The van der Waals surface area contributed by atoms with E-state index in [2.05, 4.69) is 15.3 Å². The minimum Gasteiger partial charge on any atom is -0.381 e. The van der Waals surface area contributed by atoms with Crippen molar-refractivity contribution in [2.75, 3.05) is 11.1 Å². The highest BCUT2D eigenvalue weighted by molar-refractivity contribution is 6.30. The lowest BCUT2D eigenvalue weighted by molar-refractivity contribution is 1.20. The number of aromatic nitrogens is 2. The number of benzene rings is 1. The van der Waals surface area contributed by atoms with Crippen molar-refractivity contribution in [1.82, 2.24) is 9.97 Å². The monoisotopic (exact) mass is 234 g/mol. The van der Waals surface area contributed by atoms with Gasteiger partial charge in [0.25, 0.3) is 0 Å². The van der Waals surface area contributed by atoms with Crippen LogP contribution in [0.2, 0.25) is 5.02 Å². The molecular formula is C11H11ClN4. The van der Waals surface area contributed by atoms with Crippen molar-refractivity contribution in [3.05, 3.63) is 41.2 Å². The average molecular weight is 235 g/mol. The molecular weight excluding hydrogens is 224 g/mol. The van der Waals surface area contributed by atoms with Gasteiger partial charge in [-0.2, -0.15) is 0 Å². The molecule has 16 heavy (non-hydrogen) atoms. The van der Waals surface area contributed by atoms with E-state index in [0.29, 0.717) is 16.7 Å². The van der Waals surface area contributed by atoms with Crippen molar-refractivity contribution in [2.24, 2.45) is 0 Å². The summed E-state index contributed by atoms with van der Waals surface area (Å²) in [5.74, 6) is 0.921. The molecule has 0 aliphatic rings. The van der Waals surface area contributed by atoms with Crippen LogP contribution in [0.25, 0.3) is 0 Å². The van der Waals surface area contributed by atoms with Gasteiger partial charge in [0.1, 0.15) is 0 Å². The van der Waals surface area contributed by atoms with E-state index in [1.807, 2.05) is 25.1 Å². The molecule has 0 radical (unpaired) electrons. The molecule has 0 aliphatic heterocycles. The number of aryl methyl sites for hydroxylation is 1. The third kappa shape index (κ3) is 2.23. The number of halogens is 1. The number of hydrogen-bond acceptors (Lipinski definition) is 4. The Morgan fingerprint density at radius 3 is 2.69 bits per heavy atom. The first kappa shape index (κ1) is 10.7. The summed E-state index contributed by atoms with van der Waals surface area (Å²) in [6.07, 6.45) is 3.14. The molecule has 5 heteroatoms. The van der Waals surface area contributed by atoms with Gasteiger partial charge in [-0.15, -0.1) is 0 Å². The zero-order valence-corrected chi connectivity index (χ0v) is 9.49. The summed E-state index contributed by atoms with van der Waals surface area (Å²) in [4.78, 5) is 8.05. The minimum absolute atomic E-state index is 0.372. The third-order valence-corrected chi connectivity index (χ3v) is 2.40. The lowest BCUT2D eigenvalue weighted by Gasteiger charge is -2.09. The van der Waals surface area contributed by atoms with E-state index < -0.39 is 0 Å². The minimum atomic E-state index is 0.372. The largest absolute Gasteiger partial charge is 0.381 e. The highest BCUT2D eigenvalue weighted by Crippen LogP contribution is 2.24. The van der Waals surface area contributed by atoms with Crippen LogP contribution < -0.4 is 11.1 Å². The van der Waals surface area contributed by atoms with Gasteiger partial charge in [-0.3, -0.25) is 0 Å². The van der Waals surface area contributed by atoms with Gasteiger partial charge in [0.15, 0.2) is 11.6 Å². The standard InChI is InChI=1S/C11H11ClN4/c1-7-6-8(12)2-3-9(7)16-11-10(13)14-4-5-15-11/h2-6H,1H3,(H2,13,14)(H,15,16). The Morgan fingerprint density at radius 2 is 2.00 bits per heavy atom. The first-order valence-electron chi connectivity index (χ1n) is 4.76. The maximum Gasteiger partial charge on any atom is 0.173 e. The van der Waals surface area contributed by atoms with Crippen molar-refractivity contribution >= 4 is 28.9 Å². The third-order valence-electron chi connectivity index (χ3n) is 2.17. The molecule has 82 valence electrons. The molecule has 0 saturated heterocycles. The first-order valence-corrected chi connectivity index (χ1v) is 5.14. The molecule has 3 N–H and O–H groups in total. The smallest absolute Gasteiger partial charge is 0.173 e. The van der Waals surface area contributed by atoms with Crippen molar-refractivity contribution in [3.8, 4) is 0 Å². The second kappa shape index (κ2) is 4.37. The predicted octanol–water partition coefficient (Wildman–Crippen LogP) is 2.76. The van der Waals surface area contributed by atoms with Gasteiger partial charge in [-0.25, -0.2) is 9.97 Å². The predicted molar refractivity (Wildman–Crippen MR) is 65.9 cm³/mol. The Labute approximate surface area is 98.5 Å². The highest BCUT2D eigenvalue weighted by Gasteiger charge is 2.03. The number of nitrogens with two attached hydrogens (primary N) is 1.